The molecule has 1 aliphatic heterocycles. The van der Waals surface area contributed by atoms with Crippen LogP contribution >= 0.6 is 0 Å². The van der Waals surface area contributed by atoms with Crippen molar-refractivity contribution in [1.82, 2.24) is 19.6 Å². The van der Waals surface area contributed by atoms with Crippen LogP contribution in [0.3, 0.4) is 0 Å². The molecule has 1 N–H and O–H groups in total. The summed E-state index contributed by atoms with van der Waals surface area (Å²) in [6.45, 7) is 11.6. The number of aromatic nitrogens is 2. The van der Waals surface area contributed by atoms with Crippen LogP contribution in [0.5, 0.6) is 11.6 Å². The van der Waals surface area contributed by atoms with Crippen molar-refractivity contribution in [3.63, 3.8) is 0 Å². The number of pyridine rings is 2. The Morgan fingerprint density at radius 1 is 0.929 bits per heavy atom. The molecule has 3 heterocycles. The molecule has 0 unspecified atom stereocenters. The quantitative estimate of drug-likeness (QED) is 0.303. The maximum absolute atomic E-state index is 13.4. The van der Waals surface area contributed by atoms with Gasteiger partial charge in [0.15, 0.2) is 5.03 Å². The van der Waals surface area contributed by atoms with E-state index in [9.17, 15) is 13.2 Å². The van der Waals surface area contributed by atoms with E-state index in [1.807, 2.05) is 45.0 Å². The number of amides is 1. The van der Waals surface area contributed by atoms with E-state index in [0.29, 0.717) is 17.1 Å². The Kier molecular flexibility index (Phi) is 8.67. The van der Waals surface area contributed by atoms with Crippen molar-refractivity contribution < 1.29 is 22.7 Å². The summed E-state index contributed by atoms with van der Waals surface area (Å²) in [5.41, 5.74) is 5.92. The van der Waals surface area contributed by atoms with Crippen LogP contribution in [0.4, 0.5) is 0 Å². The third kappa shape index (κ3) is 6.84. The van der Waals surface area contributed by atoms with Crippen molar-refractivity contribution in [2.75, 3.05) is 26.3 Å². The van der Waals surface area contributed by atoms with Gasteiger partial charge in [0.05, 0.1) is 18.9 Å². The fraction of sp³-hybridized carbons (Fsp3) is 0.281. The van der Waals surface area contributed by atoms with Crippen molar-refractivity contribution in [3.8, 4) is 22.9 Å². The van der Waals surface area contributed by atoms with Crippen molar-refractivity contribution in [1.29, 1.82) is 0 Å². The molecule has 9 nitrogen and oxygen atoms in total. The van der Waals surface area contributed by atoms with Crippen LogP contribution in [0.1, 0.15) is 38.3 Å². The molecule has 0 saturated carbocycles. The Hall–Kier alpha value is -4.12. The normalized spacial score (nSPS) is 14.0. The predicted molar refractivity (Wildman–Crippen MR) is 160 cm³/mol. The number of morpholine rings is 1. The predicted octanol–water partition coefficient (Wildman–Crippen LogP) is 5.12. The average molecular weight is 587 g/mol. The topological polar surface area (TPSA) is 111 Å². The van der Waals surface area contributed by atoms with Gasteiger partial charge in [-0.1, -0.05) is 48.0 Å². The number of hydrogen-bond acceptors (Lipinski definition) is 8. The molecule has 0 spiro atoms. The number of rotatable bonds is 8. The fourth-order valence-electron chi connectivity index (χ4n) is 4.97. The van der Waals surface area contributed by atoms with Gasteiger partial charge in [-0.2, -0.15) is 8.42 Å². The lowest BCUT2D eigenvalue weighted by Crippen LogP contribution is -2.35. The Labute approximate surface area is 246 Å². The van der Waals surface area contributed by atoms with Crippen LogP contribution in [-0.2, 0) is 21.3 Å². The molecular formula is C32H34N4O5S. The first-order chi connectivity index (χ1) is 20.1. The number of nitrogens with zero attached hydrogens (tertiary/aromatic N) is 3. The molecular weight excluding hydrogens is 552 g/mol. The van der Waals surface area contributed by atoms with Gasteiger partial charge < -0.3 is 9.47 Å². The molecule has 0 radical (unpaired) electrons. The van der Waals surface area contributed by atoms with E-state index in [1.54, 1.807) is 25.1 Å². The van der Waals surface area contributed by atoms with Gasteiger partial charge in [0.25, 0.3) is 15.9 Å². The van der Waals surface area contributed by atoms with Gasteiger partial charge in [0.1, 0.15) is 11.3 Å². The minimum Gasteiger partial charge on any atom is -0.438 e. The molecule has 42 heavy (non-hydrogen) atoms. The van der Waals surface area contributed by atoms with Crippen molar-refractivity contribution in [2.24, 2.45) is 0 Å². The third-order valence-corrected chi connectivity index (χ3v) is 8.27. The van der Waals surface area contributed by atoms with Crippen molar-refractivity contribution in [2.45, 2.75) is 39.3 Å². The largest absolute Gasteiger partial charge is 0.438 e. The Balaban J connectivity index is 1.47. The smallest absolute Gasteiger partial charge is 0.281 e. The van der Waals surface area contributed by atoms with E-state index in [1.165, 1.54) is 17.7 Å². The lowest BCUT2D eigenvalue weighted by Gasteiger charge is -2.26. The number of carbonyl (C=O) groups excluding carboxylic acids is 1. The first-order valence-corrected chi connectivity index (χ1v) is 15.2. The second-order valence-corrected chi connectivity index (χ2v) is 12.1. The average Bonchev–Trinajstić information content (AvgIpc) is 2.95. The number of nitrogens with one attached hydrogen (secondary N) is 1. The van der Waals surface area contributed by atoms with Crippen LogP contribution in [0.15, 0.2) is 71.8 Å². The number of benzene rings is 2. The summed E-state index contributed by atoms with van der Waals surface area (Å²) < 4.78 is 39.8. The molecule has 2 aromatic heterocycles. The number of ether oxygens (including phenoxy) is 2. The van der Waals surface area contributed by atoms with E-state index in [0.717, 1.165) is 55.1 Å². The van der Waals surface area contributed by atoms with Crippen molar-refractivity contribution >= 4 is 15.9 Å². The molecule has 0 bridgehead atoms. The first-order valence-electron chi connectivity index (χ1n) is 13.8. The SMILES string of the molecule is Cc1cc(C)c(Oc2nc(-c3ccc(CN4CCOCC4)cc3)ccc2C(=O)NS(=O)(=O)c2cccc(C)n2)c(C)c1. The lowest BCUT2D eigenvalue weighted by atomic mass is 10.1. The molecule has 1 aliphatic rings. The highest BCUT2D eigenvalue weighted by atomic mass is 32.2. The van der Waals surface area contributed by atoms with E-state index >= 15 is 0 Å². The molecule has 0 atom stereocenters. The lowest BCUT2D eigenvalue weighted by molar-refractivity contribution is 0.0342. The van der Waals surface area contributed by atoms with Crippen LogP contribution < -0.4 is 9.46 Å². The highest BCUT2D eigenvalue weighted by molar-refractivity contribution is 7.90. The maximum atomic E-state index is 13.4. The molecule has 1 amide bonds. The van der Waals surface area contributed by atoms with E-state index in [2.05, 4.69) is 26.7 Å². The Bertz CT molecular complexity index is 1690. The zero-order valence-corrected chi connectivity index (χ0v) is 25.0. The molecule has 1 fully saturated rings. The fourth-order valence-corrected chi connectivity index (χ4v) is 5.95. The molecule has 4 aromatic rings. The molecule has 5 rings (SSSR count). The second kappa shape index (κ2) is 12.4. The van der Waals surface area contributed by atoms with Gasteiger partial charge in [-0.05, 0) is 68.7 Å². The Morgan fingerprint density at radius 2 is 1.62 bits per heavy atom. The van der Waals surface area contributed by atoms with E-state index in [-0.39, 0.29) is 16.5 Å². The summed E-state index contributed by atoms with van der Waals surface area (Å²) in [6, 6.07) is 19.8. The zero-order valence-electron chi connectivity index (χ0n) is 24.2. The zero-order chi connectivity index (χ0) is 29.9. The summed E-state index contributed by atoms with van der Waals surface area (Å²) >= 11 is 0. The number of aryl methyl sites for hydroxylation is 4. The highest BCUT2D eigenvalue weighted by Crippen LogP contribution is 2.33. The molecule has 10 heteroatoms. The minimum absolute atomic E-state index is 0.00449. The number of carbonyl (C=O) groups is 1. The third-order valence-electron chi connectivity index (χ3n) is 7.03. The molecule has 2 aromatic carbocycles. The standard InChI is InChI=1S/C32H34N4O5S/c1-21-18-22(2)30(23(3)19-21)41-32-27(31(37)35-42(38,39)29-7-5-6-24(4)33-29)12-13-28(34-32)26-10-8-25(9-11-26)20-36-14-16-40-17-15-36/h5-13,18-19H,14-17,20H2,1-4H3,(H,35,37). The van der Waals surface area contributed by atoms with Gasteiger partial charge in [-0.25, -0.2) is 14.7 Å². The minimum atomic E-state index is -4.23. The van der Waals surface area contributed by atoms with Gasteiger partial charge >= 0.3 is 0 Å². The molecule has 1 saturated heterocycles. The number of hydrogen-bond donors (Lipinski definition) is 1. The van der Waals surface area contributed by atoms with Crippen LogP contribution in [0.25, 0.3) is 11.3 Å². The second-order valence-electron chi connectivity index (χ2n) is 10.5. The van der Waals surface area contributed by atoms with E-state index in [4.69, 9.17) is 14.5 Å². The summed E-state index contributed by atoms with van der Waals surface area (Å²) in [5.74, 6) is -0.302. The van der Waals surface area contributed by atoms with Gasteiger partial charge in [-0.3, -0.25) is 9.69 Å². The monoisotopic (exact) mass is 586 g/mol. The summed E-state index contributed by atoms with van der Waals surface area (Å²) in [7, 11) is -4.23. The molecule has 218 valence electrons. The summed E-state index contributed by atoms with van der Waals surface area (Å²) in [4.78, 5) is 24.5. The van der Waals surface area contributed by atoms with Gasteiger partial charge in [-0.15, -0.1) is 0 Å². The van der Waals surface area contributed by atoms with Crippen LogP contribution in [0.2, 0.25) is 0 Å². The van der Waals surface area contributed by atoms with Gasteiger partial charge in [0.2, 0.25) is 5.88 Å². The van der Waals surface area contributed by atoms with E-state index < -0.39 is 15.9 Å². The summed E-state index contributed by atoms with van der Waals surface area (Å²) in [5, 5.41) is -0.245. The Morgan fingerprint density at radius 3 is 2.29 bits per heavy atom. The van der Waals surface area contributed by atoms with Gasteiger partial charge in [0, 0.05) is 30.9 Å². The highest BCUT2D eigenvalue weighted by Gasteiger charge is 2.25. The number of sulfonamides is 1. The van der Waals surface area contributed by atoms with Crippen LogP contribution in [0, 0.1) is 27.7 Å². The molecule has 0 aliphatic carbocycles. The maximum Gasteiger partial charge on any atom is 0.281 e. The van der Waals surface area contributed by atoms with Crippen LogP contribution in [-0.4, -0.2) is 55.5 Å². The van der Waals surface area contributed by atoms with Crippen molar-refractivity contribution in [3.05, 3.63) is 100 Å². The summed E-state index contributed by atoms with van der Waals surface area (Å²) in [6.07, 6.45) is 0. The first kappa shape index (κ1) is 29.4.